The van der Waals surface area contributed by atoms with E-state index >= 15 is 0 Å². The zero-order valence-electron chi connectivity index (χ0n) is 15.4. The molecule has 0 saturated heterocycles. The van der Waals surface area contributed by atoms with E-state index in [4.69, 9.17) is 30.5 Å². The fourth-order valence-electron chi connectivity index (χ4n) is 3.15. The number of likely N-dealkylation sites (N-methyl/N-ethyl adjacent to an activating group) is 1. The van der Waals surface area contributed by atoms with E-state index in [1.54, 1.807) is 12.1 Å². The van der Waals surface area contributed by atoms with Crippen LogP contribution in [0.25, 0.3) is 0 Å². The number of carbonyl (C=O) groups is 1. The number of fused-ring (bicyclic) bond motifs is 2. The van der Waals surface area contributed by atoms with Crippen LogP contribution in [0.4, 0.5) is 5.69 Å². The number of ether oxygens (including phenoxy) is 4. The Hall–Kier alpha value is -2.64. The Morgan fingerprint density at radius 2 is 1.89 bits per heavy atom. The fourth-order valence-corrected chi connectivity index (χ4v) is 3.35. The molecule has 1 atom stereocenters. The third-order valence-electron chi connectivity index (χ3n) is 4.58. The zero-order chi connectivity index (χ0) is 19.5. The summed E-state index contributed by atoms with van der Waals surface area (Å²) >= 11 is 6.23. The molecule has 2 heterocycles. The zero-order valence-corrected chi connectivity index (χ0v) is 16.2. The van der Waals surface area contributed by atoms with Crippen LogP contribution >= 0.6 is 11.6 Å². The Bertz CT molecular complexity index is 876. The second-order valence-corrected chi connectivity index (χ2v) is 6.97. The van der Waals surface area contributed by atoms with Crippen molar-refractivity contribution in [1.82, 2.24) is 4.90 Å². The molecule has 2 aliphatic rings. The molecule has 0 aromatic heterocycles. The molecule has 148 valence electrons. The summed E-state index contributed by atoms with van der Waals surface area (Å²) in [5.74, 6) is 2.45. The highest BCUT2D eigenvalue weighted by Gasteiger charge is 2.24. The van der Waals surface area contributed by atoms with Gasteiger partial charge in [-0.1, -0.05) is 30.7 Å². The van der Waals surface area contributed by atoms with Gasteiger partial charge in [-0.3, -0.25) is 9.69 Å². The molecule has 1 unspecified atom stereocenters. The summed E-state index contributed by atoms with van der Waals surface area (Å²) in [4.78, 5) is 14.5. The number of carbonyl (C=O) groups excluding carboxylic acids is 1. The summed E-state index contributed by atoms with van der Waals surface area (Å²) in [7, 11) is 0. The molecule has 1 N–H and O–H groups in total. The smallest absolute Gasteiger partial charge is 0.238 e. The SMILES string of the molecule is CCN(CC(=O)Nc1cc2c(cc1Cl)OCO2)CC1COc2ccccc2O1. The summed E-state index contributed by atoms with van der Waals surface area (Å²) in [6.07, 6.45) is -0.142. The van der Waals surface area contributed by atoms with E-state index in [1.165, 1.54) is 0 Å². The maximum Gasteiger partial charge on any atom is 0.238 e. The fraction of sp³-hybridized carbons (Fsp3) is 0.350. The highest BCUT2D eigenvalue weighted by Crippen LogP contribution is 2.39. The summed E-state index contributed by atoms with van der Waals surface area (Å²) in [6, 6.07) is 10.9. The van der Waals surface area contributed by atoms with Gasteiger partial charge in [-0.25, -0.2) is 0 Å². The average Bonchev–Trinajstić information content (AvgIpc) is 3.14. The highest BCUT2D eigenvalue weighted by atomic mass is 35.5. The van der Waals surface area contributed by atoms with E-state index in [-0.39, 0.29) is 25.3 Å². The van der Waals surface area contributed by atoms with Crippen molar-refractivity contribution in [2.24, 2.45) is 0 Å². The number of amides is 1. The molecule has 0 fully saturated rings. The number of para-hydroxylation sites is 2. The Labute approximate surface area is 168 Å². The van der Waals surface area contributed by atoms with Gasteiger partial charge in [-0.05, 0) is 18.7 Å². The molecule has 8 heteroatoms. The molecule has 28 heavy (non-hydrogen) atoms. The van der Waals surface area contributed by atoms with Crippen molar-refractivity contribution < 1.29 is 23.7 Å². The van der Waals surface area contributed by atoms with Crippen molar-refractivity contribution in [3.63, 3.8) is 0 Å². The van der Waals surface area contributed by atoms with E-state index in [9.17, 15) is 4.79 Å². The third-order valence-corrected chi connectivity index (χ3v) is 4.89. The Kier molecular flexibility index (Phi) is 5.45. The van der Waals surface area contributed by atoms with Crippen molar-refractivity contribution in [2.75, 3.05) is 38.4 Å². The van der Waals surface area contributed by atoms with E-state index in [0.717, 1.165) is 11.5 Å². The van der Waals surface area contributed by atoms with Crippen LogP contribution in [0.5, 0.6) is 23.0 Å². The Morgan fingerprint density at radius 1 is 1.14 bits per heavy atom. The van der Waals surface area contributed by atoms with Crippen LogP contribution in [0.1, 0.15) is 6.92 Å². The minimum atomic E-state index is -0.167. The Morgan fingerprint density at radius 3 is 2.68 bits per heavy atom. The number of nitrogens with one attached hydrogen (secondary N) is 1. The van der Waals surface area contributed by atoms with Crippen LogP contribution in [0.3, 0.4) is 0 Å². The highest BCUT2D eigenvalue weighted by molar-refractivity contribution is 6.34. The standard InChI is InChI=1S/C20H21ClN2O5/c1-2-23(9-13-11-25-16-5-3-4-6-17(16)28-13)10-20(24)22-15-8-19-18(7-14(15)21)26-12-27-19/h3-8,13H,2,9-12H2,1H3,(H,22,24). The topological polar surface area (TPSA) is 69.3 Å². The number of rotatable bonds is 6. The van der Waals surface area contributed by atoms with Crippen LogP contribution in [-0.2, 0) is 4.79 Å². The lowest BCUT2D eigenvalue weighted by molar-refractivity contribution is -0.117. The van der Waals surface area contributed by atoms with Crippen molar-refractivity contribution >= 4 is 23.2 Å². The van der Waals surface area contributed by atoms with Gasteiger partial charge in [-0.2, -0.15) is 0 Å². The second kappa shape index (κ2) is 8.16. The minimum Gasteiger partial charge on any atom is -0.486 e. The van der Waals surface area contributed by atoms with Gasteiger partial charge in [0, 0.05) is 18.7 Å². The van der Waals surface area contributed by atoms with Crippen LogP contribution in [-0.4, -0.2) is 49.9 Å². The van der Waals surface area contributed by atoms with Crippen LogP contribution in [0.15, 0.2) is 36.4 Å². The molecule has 2 aromatic carbocycles. The van der Waals surface area contributed by atoms with Crippen LogP contribution < -0.4 is 24.3 Å². The van der Waals surface area contributed by atoms with E-state index in [2.05, 4.69) is 5.32 Å². The Balaban J connectivity index is 1.34. The minimum absolute atomic E-state index is 0.142. The first-order valence-electron chi connectivity index (χ1n) is 9.12. The van der Waals surface area contributed by atoms with E-state index in [0.29, 0.717) is 41.9 Å². The van der Waals surface area contributed by atoms with Gasteiger partial charge in [0.2, 0.25) is 12.7 Å². The summed E-state index contributed by atoms with van der Waals surface area (Å²) in [6.45, 7) is 4.08. The molecular weight excluding hydrogens is 384 g/mol. The first-order valence-corrected chi connectivity index (χ1v) is 9.50. The number of nitrogens with zero attached hydrogens (tertiary/aromatic N) is 1. The maximum absolute atomic E-state index is 12.5. The van der Waals surface area contributed by atoms with Gasteiger partial charge >= 0.3 is 0 Å². The largest absolute Gasteiger partial charge is 0.486 e. The first kappa shape index (κ1) is 18.7. The summed E-state index contributed by atoms with van der Waals surface area (Å²) in [5, 5.41) is 3.24. The number of hydrogen-bond donors (Lipinski definition) is 1. The van der Waals surface area contributed by atoms with Crippen molar-refractivity contribution in [2.45, 2.75) is 13.0 Å². The molecule has 7 nitrogen and oxygen atoms in total. The number of anilines is 1. The summed E-state index contributed by atoms with van der Waals surface area (Å²) in [5.41, 5.74) is 0.498. The lowest BCUT2D eigenvalue weighted by atomic mass is 10.2. The van der Waals surface area contributed by atoms with Gasteiger partial charge in [0.15, 0.2) is 23.0 Å². The molecule has 0 spiro atoms. The third kappa shape index (κ3) is 4.10. The summed E-state index contributed by atoms with van der Waals surface area (Å²) < 4.78 is 22.3. The number of benzene rings is 2. The van der Waals surface area contributed by atoms with E-state index < -0.39 is 0 Å². The van der Waals surface area contributed by atoms with E-state index in [1.807, 2.05) is 36.1 Å². The molecular formula is C20H21ClN2O5. The first-order chi connectivity index (χ1) is 13.6. The van der Waals surface area contributed by atoms with Crippen LogP contribution in [0, 0.1) is 0 Å². The maximum atomic E-state index is 12.5. The molecule has 0 bridgehead atoms. The second-order valence-electron chi connectivity index (χ2n) is 6.56. The van der Waals surface area contributed by atoms with Gasteiger partial charge in [0.25, 0.3) is 0 Å². The van der Waals surface area contributed by atoms with Crippen molar-refractivity contribution in [1.29, 1.82) is 0 Å². The molecule has 0 aliphatic carbocycles. The number of hydrogen-bond acceptors (Lipinski definition) is 6. The molecule has 1 amide bonds. The number of halogens is 1. The quantitative estimate of drug-likeness (QED) is 0.797. The molecule has 4 rings (SSSR count). The predicted molar refractivity (Wildman–Crippen MR) is 105 cm³/mol. The molecule has 2 aromatic rings. The monoisotopic (exact) mass is 404 g/mol. The van der Waals surface area contributed by atoms with Gasteiger partial charge in [0.1, 0.15) is 12.7 Å². The predicted octanol–water partition coefficient (Wildman–Crippen LogP) is 3.17. The normalized spacial score (nSPS) is 16.9. The molecule has 2 aliphatic heterocycles. The van der Waals surface area contributed by atoms with Gasteiger partial charge in [-0.15, -0.1) is 0 Å². The lowest BCUT2D eigenvalue weighted by Gasteiger charge is -2.30. The van der Waals surface area contributed by atoms with Crippen molar-refractivity contribution in [3.05, 3.63) is 41.4 Å². The van der Waals surface area contributed by atoms with Gasteiger partial charge < -0.3 is 24.3 Å². The average molecular weight is 405 g/mol. The lowest BCUT2D eigenvalue weighted by Crippen LogP contribution is -2.43. The van der Waals surface area contributed by atoms with Crippen LogP contribution in [0.2, 0.25) is 5.02 Å². The molecule has 0 radical (unpaired) electrons. The van der Waals surface area contributed by atoms with Crippen molar-refractivity contribution in [3.8, 4) is 23.0 Å². The van der Waals surface area contributed by atoms with Gasteiger partial charge in [0.05, 0.1) is 17.3 Å². The molecule has 0 saturated carbocycles.